The summed E-state index contributed by atoms with van der Waals surface area (Å²) >= 11 is 0. The van der Waals surface area contributed by atoms with Gasteiger partial charge in [0.2, 0.25) is 11.8 Å². The maximum atomic E-state index is 12.3. The summed E-state index contributed by atoms with van der Waals surface area (Å²) in [4.78, 5) is 27.8. The first-order valence-corrected chi connectivity index (χ1v) is 9.24. The van der Waals surface area contributed by atoms with Crippen molar-refractivity contribution in [3.63, 3.8) is 0 Å². The topological polar surface area (TPSA) is 71.1 Å². The first kappa shape index (κ1) is 20.0. The second-order valence-corrected chi connectivity index (χ2v) is 6.11. The quantitative estimate of drug-likeness (QED) is 0.712. The molecule has 2 amide bonds. The highest BCUT2D eigenvalue weighted by Gasteiger charge is 2.22. The first-order valence-electron chi connectivity index (χ1n) is 9.24. The Morgan fingerprint density at radius 1 is 1.00 bits per heavy atom. The minimum atomic E-state index is 0.0380. The summed E-state index contributed by atoms with van der Waals surface area (Å²) in [6.07, 6.45) is 0.351. The fourth-order valence-corrected chi connectivity index (χ4v) is 2.82. The zero-order valence-electron chi connectivity index (χ0n) is 15.7. The van der Waals surface area contributed by atoms with Crippen molar-refractivity contribution in [1.29, 1.82) is 0 Å². The summed E-state index contributed by atoms with van der Waals surface area (Å²) in [7, 11) is 0. The van der Waals surface area contributed by atoms with Gasteiger partial charge in [-0.1, -0.05) is 0 Å². The maximum absolute atomic E-state index is 12.3. The Bertz CT molecular complexity index is 569. The lowest BCUT2D eigenvalue weighted by Gasteiger charge is -2.34. The number of amides is 2. The summed E-state index contributed by atoms with van der Waals surface area (Å²) in [6, 6.07) is 7.40. The van der Waals surface area contributed by atoms with Gasteiger partial charge in [0, 0.05) is 32.7 Å². The van der Waals surface area contributed by atoms with Crippen LogP contribution in [0.25, 0.3) is 0 Å². The van der Waals surface area contributed by atoms with Crippen molar-refractivity contribution in [1.82, 2.24) is 15.1 Å². The molecule has 1 heterocycles. The van der Waals surface area contributed by atoms with Crippen LogP contribution in [0.2, 0.25) is 0 Å². The number of rotatable bonds is 9. The Morgan fingerprint density at radius 2 is 1.62 bits per heavy atom. The number of ether oxygens (including phenoxy) is 2. The van der Waals surface area contributed by atoms with Crippen LogP contribution in [0.15, 0.2) is 24.3 Å². The monoisotopic (exact) mass is 363 g/mol. The van der Waals surface area contributed by atoms with Gasteiger partial charge in [0.25, 0.3) is 0 Å². The van der Waals surface area contributed by atoms with Crippen LogP contribution in [-0.2, 0) is 9.59 Å². The number of likely N-dealkylation sites (N-methyl/N-ethyl adjacent to an activating group) is 1. The van der Waals surface area contributed by atoms with Gasteiger partial charge in [0.1, 0.15) is 11.5 Å². The molecule has 1 aromatic carbocycles. The molecule has 0 atom stereocenters. The van der Waals surface area contributed by atoms with E-state index in [1.165, 1.54) is 0 Å². The van der Waals surface area contributed by atoms with E-state index in [9.17, 15) is 9.59 Å². The van der Waals surface area contributed by atoms with E-state index in [0.29, 0.717) is 45.8 Å². The Morgan fingerprint density at radius 3 is 2.19 bits per heavy atom. The number of nitrogens with one attached hydrogen (secondary N) is 1. The average molecular weight is 363 g/mol. The van der Waals surface area contributed by atoms with Gasteiger partial charge in [-0.2, -0.15) is 0 Å². The summed E-state index contributed by atoms with van der Waals surface area (Å²) < 4.78 is 11.0. The van der Waals surface area contributed by atoms with Gasteiger partial charge in [0.05, 0.1) is 26.2 Å². The van der Waals surface area contributed by atoms with Crippen molar-refractivity contribution in [2.75, 3.05) is 52.5 Å². The van der Waals surface area contributed by atoms with Gasteiger partial charge >= 0.3 is 0 Å². The van der Waals surface area contributed by atoms with Crippen molar-refractivity contribution in [3.05, 3.63) is 24.3 Å². The molecule has 1 aliphatic rings. The van der Waals surface area contributed by atoms with E-state index >= 15 is 0 Å². The van der Waals surface area contributed by atoms with Crippen molar-refractivity contribution in [2.24, 2.45) is 0 Å². The number of benzene rings is 1. The van der Waals surface area contributed by atoms with E-state index in [4.69, 9.17) is 9.47 Å². The van der Waals surface area contributed by atoms with E-state index < -0.39 is 0 Å². The second-order valence-electron chi connectivity index (χ2n) is 6.11. The average Bonchev–Trinajstić information content (AvgIpc) is 2.64. The fourth-order valence-electron chi connectivity index (χ4n) is 2.82. The van der Waals surface area contributed by atoms with Crippen LogP contribution in [-0.4, -0.2) is 74.1 Å². The molecule has 0 aromatic heterocycles. The van der Waals surface area contributed by atoms with Gasteiger partial charge < -0.3 is 19.7 Å². The molecule has 1 saturated heterocycles. The molecule has 0 unspecified atom stereocenters. The van der Waals surface area contributed by atoms with Crippen molar-refractivity contribution in [3.8, 4) is 11.5 Å². The number of hydrogen-bond acceptors (Lipinski definition) is 5. The first-order chi connectivity index (χ1) is 12.6. The van der Waals surface area contributed by atoms with Gasteiger partial charge in [-0.05, 0) is 38.1 Å². The maximum Gasteiger partial charge on any atom is 0.234 e. The van der Waals surface area contributed by atoms with E-state index in [-0.39, 0.29) is 11.8 Å². The normalized spacial score (nSPS) is 14.8. The molecule has 0 radical (unpaired) electrons. The minimum absolute atomic E-state index is 0.0380. The predicted octanol–water partition coefficient (Wildman–Crippen LogP) is 1.13. The Balaban J connectivity index is 1.65. The molecule has 26 heavy (non-hydrogen) atoms. The molecular formula is C19H29N3O4. The summed E-state index contributed by atoms with van der Waals surface area (Å²) in [6.45, 7) is 8.63. The summed E-state index contributed by atoms with van der Waals surface area (Å²) in [5, 5.41) is 2.80. The van der Waals surface area contributed by atoms with Crippen LogP contribution in [0.3, 0.4) is 0 Å². The number of piperazine rings is 1. The molecule has 0 bridgehead atoms. The lowest BCUT2D eigenvalue weighted by Crippen LogP contribution is -2.51. The summed E-state index contributed by atoms with van der Waals surface area (Å²) in [5.41, 5.74) is 0. The molecule has 0 saturated carbocycles. The van der Waals surface area contributed by atoms with Crippen molar-refractivity contribution < 1.29 is 19.1 Å². The van der Waals surface area contributed by atoms with Crippen molar-refractivity contribution >= 4 is 11.8 Å². The lowest BCUT2D eigenvalue weighted by molar-refractivity contribution is -0.133. The van der Waals surface area contributed by atoms with Crippen molar-refractivity contribution in [2.45, 2.75) is 20.3 Å². The second kappa shape index (κ2) is 10.7. The summed E-state index contributed by atoms with van der Waals surface area (Å²) in [5.74, 6) is 1.67. The number of carbonyl (C=O) groups excluding carboxylic acids is 2. The van der Waals surface area contributed by atoms with Crippen LogP contribution in [0.1, 0.15) is 20.3 Å². The smallest absolute Gasteiger partial charge is 0.234 e. The molecule has 1 aromatic rings. The van der Waals surface area contributed by atoms with Gasteiger partial charge in [-0.25, -0.2) is 0 Å². The molecule has 0 aliphatic carbocycles. The number of carbonyl (C=O) groups is 2. The van der Waals surface area contributed by atoms with E-state index in [0.717, 1.165) is 24.6 Å². The van der Waals surface area contributed by atoms with Crippen LogP contribution < -0.4 is 14.8 Å². The van der Waals surface area contributed by atoms with Crippen LogP contribution in [0.5, 0.6) is 11.5 Å². The lowest BCUT2D eigenvalue weighted by atomic mass is 10.2. The third kappa shape index (κ3) is 6.55. The molecular weight excluding hydrogens is 334 g/mol. The fraction of sp³-hybridized carbons (Fsp3) is 0.579. The number of nitrogens with zero attached hydrogens (tertiary/aromatic N) is 2. The SMILES string of the molecule is CCNC(=O)CN1CCN(C(=O)CCOc2ccc(OCC)cc2)CC1. The largest absolute Gasteiger partial charge is 0.494 e. The predicted molar refractivity (Wildman–Crippen MR) is 99.4 cm³/mol. The zero-order chi connectivity index (χ0) is 18.8. The standard InChI is InChI=1S/C19H29N3O4/c1-3-20-18(23)15-21-10-12-22(13-11-21)19(24)9-14-26-17-7-5-16(6-8-17)25-4-2/h5-8H,3-4,9-15H2,1-2H3,(H,20,23). The van der Waals surface area contributed by atoms with E-state index in [1.54, 1.807) is 0 Å². The molecule has 1 aliphatic heterocycles. The highest BCUT2D eigenvalue weighted by atomic mass is 16.5. The van der Waals surface area contributed by atoms with Gasteiger partial charge in [0.15, 0.2) is 0 Å². The van der Waals surface area contributed by atoms with Gasteiger partial charge in [-0.3, -0.25) is 14.5 Å². The zero-order valence-corrected chi connectivity index (χ0v) is 15.7. The highest BCUT2D eigenvalue weighted by Crippen LogP contribution is 2.17. The molecule has 7 nitrogen and oxygen atoms in total. The van der Waals surface area contributed by atoms with E-state index in [2.05, 4.69) is 10.2 Å². The molecule has 1 fully saturated rings. The minimum Gasteiger partial charge on any atom is -0.494 e. The molecule has 7 heteroatoms. The van der Waals surface area contributed by atoms with Crippen LogP contribution in [0.4, 0.5) is 0 Å². The highest BCUT2D eigenvalue weighted by molar-refractivity contribution is 5.78. The van der Waals surface area contributed by atoms with E-state index in [1.807, 2.05) is 43.0 Å². The van der Waals surface area contributed by atoms with Gasteiger partial charge in [-0.15, -0.1) is 0 Å². The molecule has 0 spiro atoms. The third-order valence-corrected chi connectivity index (χ3v) is 4.19. The Hall–Kier alpha value is -2.28. The Labute approximate surface area is 155 Å². The van der Waals surface area contributed by atoms with Crippen LogP contribution in [0, 0.1) is 0 Å². The third-order valence-electron chi connectivity index (χ3n) is 4.19. The molecule has 1 N–H and O–H groups in total. The number of hydrogen-bond donors (Lipinski definition) is 1. The van der Waals surface area contributed by atoms with Crippen LogP contribution >= 0.6 is 0 Å². The molecule has 2 rings (SSSR count). The Kier molecular flexibility index (Phi) is 8.21. The molecule has 144 valence electrons.